The summed E-state index contributed by atoms with van der Waals surface area (Å²) in [6.07, 6.45) is -12.6. The molecule has 0 bridgehead atoms. The molecule has 0 radical (unpaired) electrons. The molecule has 24 heavy (non-hydrogen) atoms. The molecular weight excluding hydrogens is 481 g/mol. The van der Waals surface area contributed by atoms with Gasteiger partial charge in [0.25, 0.3) is 0 Å². The zero-order valence-electron chi connectivity index (χ0n) is 10.9. The molecule has 0 saturated carbocycles. The fourth-order valence-electron chi connectivity index (χ4n) is 1.14. The molecule has 13 heteroatoms. The van der Waals surface area contributed by atoms with E-state index in [0.29, 0.717) is 12.1 Å². The number of halogens is 11. The molecule has 0 aliphatic carbocycles. The van der Waals surface area contributed by atoms with Gasteiger partial charge in [-0.25, -0.2) is 0 Å². The number of hydrogen-bond donors (Lipinski definition) is 0. The van der Waals surface area contributed by atoms with Crippen LogP contribution in [0.2, 0.25) is 0 Å². The number of alkyl halides is 11. The van der Waals surface area contributed by atoms with Crippen LogP contribution >= 0.6 is 20.2 Å². The Labute approximate surface area is 134 Å². The van der Waals surface area contributed by atoms with Gasteiger partial charge in [-0.2, -0.15) is 0 Å². The number of benzene rings is 1. The number of carbonyl (C=O) groups is 1. The number of carbonyl (C=O) groups excluding carboxylic acids is 1. The van der Waals surface area contributed by atoms with Crippen molar-refractivity contribution >= 4 is 26.2 Å². The van der Waals surface area contributed by atoms with Crippen molar-refractivity contribution in [1.82, 2.24) is 0 Å². The molecule has 0 fully saturated rings. The van der Waals surface area contributed by atoms with Crippen LogP contribution in [0, 0.1) is 3.57 Å². The van der Waals surface area contributed by atoms with E-state index in [1.165, 1.54) is 0 Å². The molecule has 0 N–H and O–H groups in total. The van der Waals surface area contributed by atoms with Gasteiger partial charge in [0.2, 0.25) is 0 Å². The molecule has 0 amide bonds. The first-order chi connectivity index (χ1) is 10.6. The summed E-state index contributed by atoms with van der Waals surface area (Å²) in [6.45, 7) is 0. The van der Waals surface area contributed by atoms with E-state index >= 15 is 0 Å². The fourth-order valence-corrected chi connectivity index (χ4v) is 5.09. The Kier molecular flexibility index (Phi) is 5.67. The summed E-state index contributed by atoms with van der Waals surface area (Å²) in [7, 11) is 0. The molecular formula is C11H5F10IO2. The molecule has 0 saturated heterocycles. The first kappa shape index (κ1) is 20.8. The zero-order valence-corrected chi connectivity index (χ0v) is 13.0. The Morgan fingerprint density at radius 1 is 0.833 bits per heavy atom. The average molecular weight is 486 g/mol. The molecule has 0 spiro atoms. The third-order valence-electron chi connectivity index (χ3n) is 2.24. The van der Waals surface area contributed by atoms with Crippen molar-refractivity contribution in [1.29, 1.82) is 0 Å². The van der Waals surface area contributed by atoms with E-state index in [9.17, 15) is 48.7 Å². The van der Waals surface area contributed by atoms with Gasteiger partial charge < -0.3 is 0 Å². The SMILES string of the molecule is O=C(OI(c1ccccc1)C(F)(F)C(F)(F)C(F)(F)F)C(F)(F)F. The summed E-state index contributed by atoms with van der Waals surface area (Å²) in [5.74, 6) is -9.96. The normalized spacial score (nSPS) is 14.3. The third kappa shape index (κ3) is 4.03. The van der Waals surface area contributed by atoms with Crippen LogP contribution in [0.5, 0.6) is 0 Å². The summed E-state index contributed by atoms with van der Waals surface area (Å²) < 4.78 is 123. The average Bonchev–Trinajstić information content (AvgIpc) is 2.42. The predicted molar refractivity (Wildman–Crippen MR) is 67.3 cm³/mol. The Morgan fingerprint density at radius 3 is 1.67 bits per heavy atom. The van der Waals surface area contributed by atoms with E-state index in [-0.39, 0.29) is 0 Å². The van der Waals surface area contributed by atoms with Gasteiger partial charge in [0.15, 0.2) is 0 Å². The minimum absolute atomic E-state index is 0.578. The second-order valence-electron chi connectivity index (χ2n) is 3.98. The summed E-state index contributed by atoms with van der Waals surface area (Å²) >= 11 is -5.78. The Hall–Kier alpha value is -1.28. The minimum atomic E-state index is -6.76. The van der Waals surface area contributed by atoms with Crippen molar-refractivity contribution in [3.05, 3.63) is 33.9 Å². The molecule has 0 unspecified atom stereocenters. The monoisotopic (exact) mass is 486 g/mol. The molecule has 0 aliphatic rings. The van der Waals surface area contributed by atoms with E-state index in [4.69, 9.17) is 0 Å². The first-order valence-corrected chi connectivity index (χ1v) is 8.53. The Balaban J connectivity index is 3.40. The summed E-state index contributed by atoms with van der Waals surface area (Å²) in [6, 6.07) is 4.11. The van der Waals surface area contributed by atoms with Crippen LogP contribution in [-0.2, 0) is 7.86 Å². The number of rotatable bonds is 4. The van der Waals surface area contributed by atoms with E-state index in [1.54, 1.807) is 0 Å². The topological polar surface area (TPSA) is 26.3 Å². The first-order valence-electron chi connectivity index (χ1n) is 5.49. The van der Waals surface area contributed by atoms with Gasteiger partial charge in [-0.3, -0.25) is 0 Å². The van der Waals surface area contributed by atoms with Gasteiger partial charge in [-0.05, 0) is 0 Å². The molecule has 0 atom stereocenters. The van der Waals surface area contributed by atoms with Crippen LogP contribution in [0.1, 0.15) is 0 Å². The van der Waals surface area contributed by atoms with Crippen LogP contribution in [0.15, 0.2) is 30.3 Å². The van der Waals surface area contributed by atoms with Crippen molar-refractivity contribution in [2.75, 3.05) is 0 Å². The fraction of sp³-hybridized carbons (Fsp3) is 0.364. The van der Waals surface area contributed by atoms with E-state index in [1.807, 2.05) is 0 Å². The van der Waals surface area contributed by atoms with Gasteiger partial charge in [-0.1, -0.05) is 0 Å². The molecule has 1 rings (SSSR count). The third-order valence-corrected chi connectivity index (χ3v) is 6.84. The molecule has 1 aromatic carbocycles. The summed E-state index contributed by atoms with van der Waals surface area (Å²) in [5, 5.41) is 0. The molecule has 1 aromatic rings. The van der Waals surface area contributed by atoms with Gasteiger partial charge in [0, 0.05) is 0 Å². The van der Waals surface area contributed by atoms with E-state index < -0.39 is 52.0 Å². The van der Waals surface area contributed by atoms with Gasteiger partial charge >= 0.3 is 134 Å². The van der Waals surface area contributed by atoms with Gasteiger partial charge in [0.1, 0.15) is 0 Å². The van der Waals surface area contributed by atoms with Crippen molar-refractivity contribution in [2.24, 2.45) is 0 Å². The van der Waals surface area contributed by atoms with Crippen molar-refractivity contribution < 1.29 is 51.8 Å². The molecule has 0 aromatic heterocycles. The molecule has 2 nitrogen and oxygen atoms in total. The van der Waals surface area contributed by atoms with Crippen molar-refractivity contribution in [3.63, 3.8) is 0 Å². The van der Waals surface area contributed by atoms with Gasteiger partial charge in [-0.15, -0.1) is 0 Å². The van der Waals surface area contributed by atoms with E-state index in [2.05, 4.69) is 3.07 Å². The number of hydrogen-bond acceptors (Lipinski definition) is 2. The molecule has 138 valence electrons. The van der Waals surface area contributed by atoms with Crippen molar-refractivity contribution in [2.45, 2.75) is 22.2 Å². The zero-order chi connectivity index (χ0) is 19.0. The quantitative estimate of drug-likeness (QED) is 0.334. The predicted octanol–water partition coefficient (Wildman–Crippen LogP) is 5.17. The molecule has 0 heterocycles. The second-order valence-corrected chi connectivity index (χ2v) is 8.44. The van der Waals surface area contributed by atoms with Crippen LogP contribution in [0.4, 0.5) is 43.9 Å². The second kappa shape index (κ2) is 6.55. The maximum absolute atomic E-state index is 13.8. The molecule has 0 aliphatic heterocycles. The van der Waals surface area contributed by atoms with Crippen LogP contribution in [-0.4, -0.2) is 28.2 Å². The summed E-state index contributed by atoms with van der Waals surface area (Å²) in [4.78, 5) is 10.7. The van der Waals surface area contributed by atoms with Gasteiger partial charge in [0.05, 0.1) is 0 Å². The maximum atomic E-state index is 13.8. The standard InChI is InChI=1S/C11H5F10IO2/c12-8(13,14)7(23)24-22(6-4-2-1-3-5-6)11(20,21)9(15,16)10(17,18)19/h1-5H. The van der Waals surface area contributed by atoms with Crippen LogP contribution in [0.3, 0.4) is 0 Å². The van der Waals surface area contributed by atoms with Crippen LogP contribution in [0.25, 0.3) is 0 Å². The Morgan fingerprint density at radius 2 is 1.29 bits per heavy atom. The van der Waals surface area contributed by atoms with E-state index in [0.717, 1.165) is 18.2 Å². The van der Waals surface area contributed by atoms with Crippen molar-refractivity contribution in [3.8, 4) is 0 Å². The Bertz CT molecular complexity index is 581. The summed E-state index contributed by atoms with van der Waals surface area (Å²) in [5.41, 5.74) is 0. The van der Waals surface area contributed by atoms with Crippen LogP contribution < -0.4 is 0 Å².